The molecule has 2 unspecified atom stereocenters. The monoisotopic (exact) mass is 291 g/mol. The highest BCUT2D eigenvalue weighted by Crippen LogP contribution is 2.37. The number of piperazine rings is 1. The fourth-order valence-electron chi connectivity index (χ4n) is 2.96. The van der Waals surface area contributed by atoms with Crippen LogP contribution >= 0.6 is 0 Å². The highest BCUT2D eigenvalue weighted by molar-refractivity contribution is 5.97. The van der Waals surface area contributed by atoms with E-state index in [9.17, 15) is 9.59 Å². The van der Waals surface area contributed by atoms with E-state index in [1.54, 1.807) is 9.58 Å². The fraction of sp³-hybridized carbons (Fsp3) is 0.714. The molecule has 3 rings (SSSR count). The average molecular weight is 291 g/mol. The summed E-state index contributed by atoms with van der Waals surface area (Å²) in [7, 11) is 0. The first-order valence-corrected chi connectivity index (χ1v) is 7.63. The first-order chi connectivity index (χ1) is 10.2. The maximum absolute atomic E-state index is 12.6. The Morgan fingerprint density at radius 1 is 1.33 bits per heavy atom. The number of nitrogens with zero attached hydrogens (tertiary/aromatic N) is 4. The predicted octanol–water partition coefficient (Wildman–Crippen LogP) is 0.314. The van der Waals surface area contributed by atoms with Gasteiger partial charge in [-0.15, -0.1) is 0 Å². The van der Waals surface area contributed by atoms with Crippen molar-refractivity contribution in [3.05, 3.63) is 12.2 Å². The van der Waals surface area contributed by atoms with E-state index in [2.05, 4.69) is 15.4 Å². The SMILES string of the molecule is CCC1NC(=O)C(C2CC2)N(Cc2ncnn2CC)C1=O. The van der Waals surface area contributed by atoms with Gasteiger partial charge in [0.1, 0.15) is 24.2 Å². The van der Waals surface area contributed by atoms with Crippen molar-refractivity contribution in [1.29, 1.82) is 0 Å². The number of rotatable bonds is 5. The lowest BCUT2D eigenvalue weighted by Crippen LogP contribution is -2.63. The molecule has 1 saturated carbocycles. The quantitative estimate of drug-likeness (QED) is 0.847. The highest BCUT2D eigenvalue weighted by Gasteiger charge is 2.47. The minimum Gasteiger partial charge on any atom is -0.343 e. The van der Waals surface area contributed by atoms with E-state index < -0.39 is 6.04 Å². The third kappa shape index (κ3) is 2.52. The van der Waals surface area contributed by atoms with E-state index in [-0.39, 0.29) is 17.9 Å². The van der Waals surface area contributed by atoms with Crippen LogP contribution in [-0.4, -0.2) is 43.6 Å². The number of carbonyl (C=O) groups excluding carboxylic acids is 2. The lowest BCUT2D eigenvalue weighted by Gasteiger charge is -2.38. The second-order valence-corrected chi connectivity index (χ2v) is 5.71. The van der Waals surface area contributed by atoms with Crippen molar-refractivity contribution >= 4 is 11.8 Å². The fourth-order valence-corrected chi connectivity index (χ4v) is 2.96. The molecule has 0 bridgehead atoms. The topological polar surface area (TPSA) is 80.1 Å². The van der Waals surface area contributed by atoms with Crippen molar-refractivity contribution in [2.45, 2.75) is 58.3 Å². The second kappa shape index (κ2) is 5.46. The molecular weight excluding hydrogens is 270 g/mol. The minimum absolute atomic E-state index is 0.000321. The van der Waals surface area contributed by atoms with Crippen LogP contribution in [0.5, 0.6) is 0 Å². The molecule has 2 heterocycles. The van der Waals surface area contributed by atoms with E-state index in [4.69, 9.17) is 0 Å². The number of carbonyl (C=O) groups is 2. The van der Waals surface area contributed by atoms with Gasteiger partial charge >= 0.3 is 0 Å². The van der Waals surface area contributed by atoms with Crippen LogP contribution in [0, 0.1) is 5.92 Å². The van der Waals surface area contributed by atoms with E-state index in [0.29, 0.717) is 25.4 Å². The van der Waals surface area contributed by atoms with Crippen LogP contribution in [0.3, 0.4) is 0 Å². The molecule has 2 fully saturated rings. The number of amides is 2. The standard InChI is InChI=1S/C14H21N5O2/c1-3-10-14(21)18(7-11-15-8-16-19(11)4-2)12(9-5-6-9)13(20)17-10/h8-10,12H,3-7H2,1-2H3,(H,17,20). The molecular formula is C14H21N5O2. The molecule has 0 aromatic carbocycles. The summed E-state index contributed by atoms with van der Waals surface area (Å²) in [5, 5.41) is 6.99. The maximum atomic E-state index is 12.6. The van der Waals surface area contributed by atoms with Crippen molar-refractivity contribution < 1.29 is 9.59 Å². The molecule has 2 atom stereocenters. The Labute approximate surface area is 123 Å². The summed E-state index contributed by atoms with van der Waals surface area (Å²) in [6.45, 7) is 4.95. The maximum Gasteiger partial charge on any atom is 0.246 e. The minimum atomic E-state index is -0.412. The number of aromatic nitrogens is 3. The average Bonchev–Trinajstić information content (AvgIpc) is 3.21. The van der Waals surface area contributed by atoms with Crippen LogP contribution in [0.25, 0.3) is 0 Å². The smallest absolute Gasteiger partial charge is 0.246 e. The van der Waals surface area contributed by atoms with Gasteiger partial charge in [-0.25, -0.2) is 9.67 Å². The lowest BCUT2D eigenvalue weighted by atomic mass is 10.0. The Kier molecular flexibility index (Phi) is 3.65. The molecule has 2 amide bonds. The molecule has 114 valence electrons. The highest BCUT2D eigenvalue weighted by atomic mass is 16.2. The number of hydrogen-bond acceptors (Lipinski definition) is 4. The van der Waals surface area contributed by atoms with Gasteiger partial charge in [0, 0.05) is 6.54 Å². The molecule has 1 aliphatic heterocycles. The zero-order valence-corrected chi connectivity index (χ0v) is 12.5. The van der Waals surface area contributed by atoms with Gasteiger partial charge in [0.15, 0.2) is 0 Å². The first kappa shape index (κ1) is 14.0. The zero-order valence-electron chi connectivity index (χ0n) is 12.5. The summed E-state index contributed by atoms with van der Waals surface area (Å²) >= 11 is 0. The van der Waals surface area contributed by atoms with Crippen molar-refractivity contribution in [3.8, 4) is 0 Å². The summed E-state index contributed by atoms with van der Waals surface area (Å²) in [5.74, 6) is 1.01. The molecule has 7 heteroatoms. The Hall–Kier alpha value is -1.92. The summed E-state index contributed by atoms with van der Waals surface area (Å²) in [6, 6.07) is -0.757. The van der Waals surface area contributed by atoms with Crippen LogP contribution in [0.2, 0.25) is 0 Å². The normalized spacial score (nSPS) is 26.1. The molecule has 1 aromatic heterocycles. The molecule has 7 nitrogen and oxygen atoms in total. The number of nitrogens with one attached hydrogen (secondary N) is 1. The molecule has 1 N–H and O–H groups in total. The Morgan fingerprint density at radius 2 is 2.10 bits per heavy atom. The Balaban J connectivity index is 1.87. The largest absolute Gasteiger partial charge is 0.343 e. The van der Waals surface area contributed by atoms with Crippen LogP contribution in [0.1, 0.15) is 38.9 Å². The molecule has 1 saturated heterocycles. The van der Waals surface area contributed by atoms with Crippen molar-refractivity contribution in [1.82, 2.24) is 25.0 Å². The summed E-state index contributed by atoms with van der Waals surface area (Å²) < 4.78 is 1.77. The molecule has 21 heavy (non-hydrogen) atoms. The third-order valence-corrected chi connectivity index (χ3v) is 4.29. The van der Waals surface area contributed by atoms with Crippen LogP contribution < -0.4 is 5.32 Å². The van der Waals surface area contributed by atoms with E-state index in [1.807, 2.05) is 13.8 Å². The van der Waals surface area contributed by atoms with Crippen LogP contribution in [0.4, 0.5) is 0 Å². The van der Waals surface area contributed by atoms with Gasteiger partial charge in [-0.1, -0.05) is 6.92 Å². The van der Waals surface area contributed by atoms with Crippen molar-refractivity contribution in [3.63, 3.8) is 0 Å². The van der Waals surface area contributed by atoms with Gasteiger partial charge in [0.25, 0.3) is 0 Å². The van der Waals surface area contributed by atoms with E-state index in [0.717, 1.165) is 18.7 Å². The number of aryl methyl sites for hydroxylation is 1. The predicted molar refractivity (Wildman–Crippen MR) is 75.0 cm³/mol. The first-order valence-electron chi connectivity index (χ1n) is 7.63. The van der Waals surface area contributed by atoms with E-state index in [1.165, 1.54) is 6.33 Å². The zero-order chi connectivity index (χ0) is 15.0. The molecule has 2 aliphatic rings. The third-order valence-electron chi connectivity index (χ3n) is 4.29. The van der Waals surface area contributed by atoms with Crippen LogP contribution in [0.15, 0.2) is 6.33 Å². The Morgan fingerprint density at radius 3 is 2.71 bits per heavy atom. The number of hydrogen-bond donors (Lipinski definition) is 1. The molecule has 1 aliphatic carbocycles. The van der Waals surface area contributed by atoms with Gasteiger partial charge < -0.3 is 10.2 Å². The molecule has 0 radical (unpaired) electrons. The molecule has 0 spiro atoms. The van der Waals surface area contributed by atoms with Gasteiger partial charge in [-0.2, -0.15) is 5.10 Å². The van der Waals surface area contributed by atoms with Gasteiger partial charge in [-0.05, 0) is 32.1 Å². The van der Waals surface area contributed by atoms with Gasteiger partial charge in [0.05, 0.1) is 6.54 Å². The van der Waals surface area contributed by atoms with Crippen molar-refractivity contribution in [2.75, 3.05) is 0 Å². The van der Waals surface area contributed by atoms with Crippen molar-refractivity contribution in [2.24, 2.45) is 5.92 Å². The summed E-state index contributed by atoms with van der Waals surface area (Å²) in [5.41, 5.74) is 0. The summed E-state index contributed by atoms with van der Waals surface area (Å²) in [6.07, 6.45) is 4.13. The van der Waals surface area contributed by atoms with Gasteiger partial charge in [0.2, 0.25) is 11.8 Å². The molecule has 1 aromatic rings. The van der Waals surface area contributed by atoms with E-state index >= 15 is 0 Å². The second-order valence-electron chi connectivity index (χ2n) is 5.71. The summed E-state index contributed by atoms with van der Waals surface area (Å²) in [4.78, 5) is 30.9. The lowest BCUT2D eigenvalue weighted by molar-refractivity contribution is -0.151. The Bertz CT molecular complexity index is 551. The van der Waals surface area contributed by atoms with Crippen LogP contribution in [-0.2, 0) is 22.7 Å². The van der Waals surface area contributed by atoms with Gasteiger partial charge in [-0.3, -0.25) is 9.59 Å².